The second kappa shape index (κ2) is 7.14. The van der Waals surface area contributed by atoms with Gasteiger partial charge in [0.1, 0.15) is 5.75 Å². The lowest BCUT2D eigenvalue weighted by Gasteiger charge is -2.16. The van der Waals surface area contributed by atoms with Crippen molar-refractivity contribution in [1.82, 2.24) is 5.32 Å². The molecule has 0 atom stereocenters. The number of benzene rings is 2. The molecule has 0 aliphatic rings. The monoisotopic (exact) mass is 302 g/mol. The van der Waals surface area contributed by atoms with Gasteiger partial charge in [-0.05, 0) is 41.8 Å². The zero-order valence-electron chi connectivity index (χ0n) is 12.0. The first-order chi connectivity index (χ1) is 10.1. The van der Waals surface area contributed by atoms with Crippen molar-refractivity contribution in [3.05, 3.63) is 70.6 Å². The van der Waals surface area contributed by atoms with E-state index in [1.807, 2.05) is 36.4 Å². The first kappa shape index (κ1) is 15.4. The molecule has 109 valence electrons. The van der Waals surface area contributed by atoms with Crippen LogP contribution in [0.1, 0.15) is 24.5 Å². The molecule has 3 nitrogen and oxygen atoms in total. The third-order valence-corrected chi connectivity index (χ3v) is 3.38. The fourth-order valence-electron chi connectivity index (χ4n) is 2.13. The Bertz CT molecular complexity index is 610. The molecule has 1 radical (unpaired) electrons. The SMILES string of the molecule is CC[C](c1ccc(OC(=O)NC)cc1)c1cccc(Cl)c1. The lowest BCUT2D eigenvalue weighted by Crippen LogP contribution is -2.21. The highest BCUT2D eigenvalue weighted by Crippen LogP contribution is 2.29. The number of amides is 1. The van der Waals surface area contributed by atoms with Crippen LogP contribution in [0.2, 0.25) is 5.02 Å². The Kier molecular flexibility index (Phi) is 5.23. The highest BCUT2D eigenvalue weighted by atomic mass is 35.5. The fourth-order valence-corrected chi connectivity index (χ4v) is 2.32. The second-order valence-electron chi connectivity index (χ2n) is 4.51. The highest BCUT2D eigenvalue weighted by molar-refractivity contribution is 6.30. The van der Waals surface area contributed by atoms with Gasteiger partial charge in [0.25, 0.3) is 0 Å². The summed E-state index contributed by atoms with van der Waals surface area (Å²) in [5.41, 5.74) is 2.19. The summed E-state index contributed by atoms with van der Waals surface area (Å²) in [6.07, 6.45) is 0.410. The van der Waals surface area contributed by atoms with Crippen molar-refractivity contribution in [2.24, 2.45) is 0 Å². The van der Waals surface area contributed by atoms with Gasteiger partial charge in [0.2, 0.25) is 0 Å². The average molecular weight is 303 g/mol. The Balaban J connectivity index is 2.21. The van der Waals surface area contributed by atoms with Crippen LogP contribution in [0.5, 0.6) is 5.75 Å². The van der Waals surface area contributed by atoms with E-state index in [1.165, 1.54) is 13.0 Å². The molecular weight excluding hydrogens is 286 g/mol. The Morgan fingerprint density at radius 2 is 1.86 bits per heavy atom. The van der Waals surface area contributed by atoms with Crippen LogP contribution in [0.25, 0.3) is 0 Å². The van der Waals surface area contributed by atoms with E-state index in [4.69, 9.17) is 16.3 Å². The molecule has 0 saturated heterocycles. The maximum Gasteiger partial charge on any atom is 0.412 e. The van der Waals surface area contributed by atoms with Crippen LogP contribution < -0.4 is 10.1 Å². The van der Waals surface area contributed by atoms with E-state index in [9.17, 15) is 4.79 Å². The summed E-state index contributed by atoms with van der Waals surface area (Å²) in [4.78, 5) is 11.2. The number of nitrogens with one attached hydrogen (secondary N) is 1. The summed E-state index contributed by atoms with van der Waals surface area (Å²) < 4.78 is 5.08. The van der Waals surface area contributed by atoms with Gasteiger partial charge in [0.15, 0.2) is 0 Å². The summed E-state index contributed by atoms with van der Waals surface area (Å²) in [6.45, 7) is 2.10. The van der Waals surface area contributed by atoms with Crippen LogP contribution in [0.3, 0.4) is 0 Å². The molecule has 0 aliphatic heterocycles. The standard InChI is InChI=1S/C17H17ClNO2/c1-3-16(13-5-4-6-14(18)11-13)12-7-9-15(10-8-12)21-17(20)19-2/h4-11H,3H2,1-2H3,(H,19,20). The lowest BCUT2D eigenvalue weighted by atomic mass is 9.89. The van der Waals surface area contributed by atoms with Crippen LogP contribution in [0.15, 0.2) is 48.5 Å². The quantitative estimate of drug-likeness (QED) is 0.906. The Labute approximate surface area is 129 Å². The summed E-state index contributed by atoms with van der Waals surface area (Å²) in [5, 5.41) is 3.13. The smallest absolute Gasteiger partial charge is 0.410 e. The molecule has 0 aliphatic carbocycles. The maximum absolute atomic E-state index is 11.2. The number of hydrogen-bond acceptors (Lipinski definition) is 2. The molecule has 0 spiro atoms. The van der Waals surface area contributed by atoms with E-state index in [-0.39, 0.29) is 0 Å². The van der Waals surface area contributed by atoms with Crippen LogP contribution in [0.4, 0.5) is 4.79 Å². The van der Waals surface area contributed by atoms with Gasteiger partial charge in [-0.2, -0.15) is 0 Å². The van der Waals surface area contributed by atoms with E-state index in [1.54, 1.807) is 12.1 Å². The first-order valence-corrected chi connectivity index (χ1v) is 7.13. The van der Waals surface area contributed by atoms with E-state index in [0.717, 1.165) is 22.6 Å². The van der Waals surface area contributed by atoms with Crippen LogP contribution in [0, 0.1) is 5.92 Å². The molecule has 2 rings (SSSR count). The largest absolute Gasteiger partial charge is 0.412 e. The minimum atomic E-state index is -0.475. The molecule has 0 unspecified atom stereocenters. The van der Waals surface area contributed by atoms with Crippen molar-refractivity contribution in [3.8, 4) is 5.75 Å². The maximum atomic E-state index is 11.2. The minimum absolute atomic E-state index is 0.475. The topological polar surface area (TPSA) is 38.3 Å². The van der Waals surface area contributed by atoms with Crippen LogP contribution in [-0.4, -0.2) is 13.1 Å². The average Bonchev–Trinajstić information content (AvgIpc) is 2.50. The fraction of sp³-hybridized carbons (Fsp3) is 0.176. The summed E-state index contributed by atoms with van der Waals surface area (Å²) in [7, 11) is 1.53. The molecule has 21 heavy (non-hydrogen) atoms. The van der Waals surface area contributed by atoms with Crippen LogP contribution >= 0.6 is 11.6 Å². The molecule has 2 aromatic rings. The van der Waals surface area contributed by atoms with E-state index in [0.29, 0.717) is 5.75 Å². The first-order valence-electron chi connectivity index (χ1n) is 6.75. The highest BCUT2D eigenvalue weighted by Gasteiger charge is 2.13. The zero-order chi connectivity index (χ0) is 15.2. The number of hydrogen-bond donors (Lipinski definition) is 1. The Morgan fingerprint density at radius 1 is 1.14 bits per heavy atom. The number of rotatable bonds is 4. The second-order valence-corrected chi connectivity index (χ2v) is 4.94. The van der Waals surface area contributed by atoms with Crippen molar-refractivity contribution in [3.63, 3.8) is 0 Å². The van der Waals surface area contributed by atoms with Crippen LogP contribution in [-0.2, 0) is 0 Å². The summed E-state index contributed by atoms with van der Waals surface area (Å²) >= 11 is 6.05. The van der Waals surface area contributed by atoms with Gasteiger partial charge in [0, 0.05) is 18.0 Å². The number of carbonyl (C=O) groups is 1. The van der Waals surface area contributed by atoms with Gasteiger partial charge in [-0.15, -0.1) is 0 Å². The molecule has 2 aromatic carbocycles. The van der Waals surface area contributed by atoms with Gasteiger partial charge in [-0.3, -0.25) is 0 Å². The number of halogens is 1. The van der Waals surface area contributed by atoms with Crippen molar-refractivity contribution >= 4 is 17.7 Å². The molecule has 1 amide bonds. The summed E-state index contributed by atoms with van der Waals surface area (Å²) in [6, 6.07) is 15.2. The van der Waals surface area contributed by atoms with E-state index in [2.05, 4.69) is 12.2 Å². The zero-order valence-corrected chi connectivity index (χ0v) is 12.8. The van der Waals surface area contributed by atoms with Crippen molar-refractivity contribution in [2.45, 2.75) is 13.3 Å². The summed E-state index contributed by atoms with van der Waals surface area (Å²) in [5.74, 6) is 1.71. The molecule has 0 bridgehead atoms. The number of carbonyl (C=O) groups excluding carboxylic acids is 1. The minimum Gasteiger partial charge on any atom is -0.410 e. The predicted octanol–water partition coefficient (Wildman–Crippen LogP) is 4.44. The molecule has 0 fully saturated rings. The van der Waals surface area contributed by atoms with Gasteiger partial charge in [-0.1, -0.05) is 42.8 Å². The molecule has 0 aromatic heterocycles. The van der Waals surface area contributed by atoms with Gasteiger partial charge in [0.05, 0.1) is 0 Å². The normalized spacial score (nSPS) is 10.5. The van der Waals surface area contributed by atoms with Gasteiger partial charge in [-0.25, -0.2) is 4.79 Å². The van der Waals surface area contributed by atoms with Crippen molar-refractivity contribution < 1.29 is 9.53 Å². The third kappa shape index (κ3) is 3.99. The predicted molar refractivity (Wildman–Crippen MR) is 84.7 cm³/mol. The number of ether oxygens (including phenoxy) is 1. The molecule has 1 N–H and O–H groups in total. The van der Waals surface area contributed by atoms with Gasteiger partial charge >= 0.3 is 6.09 Å². The Morgan fingerprint density at radius 3 is 2.43 bits per heavy atom. The molecule has 0 saturated carbocycles. The van der Waals surface area contributed by atoms with E-state index < -0.39 is 6.09 Å². The van der Waals surface area contributed by atoms with Gasteiger partial charge < -0.3 is 10.1 Å². The Hall–Kier alpha value is -2.00. The van der Waals surface area contributed by atoms with E-state index >= 15 is 0 Å². The lowest BCUT2D eigenvalue weighted by molar-refractivity contribution is 0.203. The molecular formula is C17H17ClNO2. The molecule has 0 heterocycles. The van der Waals surface area contributed by atoms with Crippen molar-refractivity contribution in [2.75, 3.05) is 7.05 Å². The van der Waals surface area contributed by atoms with Crippen molar-refractivity contribution in [1.29, 1.82) is 0 Å². The third-order valence-electron chi connectivity index (χ3n) is 3.14. The molecule has 4 heteroatoms.